The van der Waals surface area contributed by atoms with E-state index in [2.05, 4.69) is 55.4 Å². The molecule has 0 bridgehead atoms. The SMILES string of the molecule is CCC(C)CCCCCCCCCCCCCCCCCCCCC(=O)O[C@H](COC(=O)CCCCCCCCC(C)C)COP(=O)(O)OC[C@@H](O)COP(=O)(O)OC[C@@H](COC(=O)CCCCCCCCC(C)CC)OC(=O)CCCCCCCCC(C)C. The van der Waals surface area contributed by atoms with Crippen LogP contribution < -0.4 is 0 Å². The Balaban J connectivity index is 5.12. The third-order valence-electron chi connectivity index (χ3n) is 17.0. The van der Waals surface area contributed by atoms with Crippen molar-refractivity contribution >= 4 is 39.5 Å². The monoisotopic (exact) mass is 1320 g/mol. The predicted octanol–water partition coefficient (Wildman–Crippen LogP) is 20.1. The van der Waals surface area contributed by atoms with Crippen molar-refractivity contribution in [3.8, 4) is 0 Å². The average molecular weight is 1330 g/mol. The second-order valence-electron chi connectivity index (χ2n) is 27.1. The zero-order valence-electron chi connectivity index (χ0n) is 58.8. The minimum absolute atomic E-state index is 0.101. The molecule has 4 unspecified atom stereocenters. The molecular weight excluding hydrogens is 1190 g/mol. The third kappa shape index (κ3) is 62.2. The first-order valence-corrected chi connectivity index (χ1v) is 39.8. The van der Waals surface area contributed by atoms with Gasteiger partial charge in [0, 0.05) is 25.7 Å². The molecule has 0 aliphatic rings. The first kappa shape index (κ1) is 88.1. The molecule has 0 saturated heterocycles. The lowest BCUT2D eigenvalue weighted by atomic mass is 9.99. The maximum Gasteiger partial charge on any atom is 0.472 e. The molecule has 0 saturated carbocycles. The average Bonchev–Trinajstić information content (AvgIpc) is 3.68. The van der Waals surface area contributed by atoms with Crippen molar-refractivity contribution in [3.63, 3.8) is 0 Å². The van der Waals surface area contributed by atoms with Crippen LogP contribution in [0.15, 0.2) is 0 Å². The molecule has 0 aromatic carbocycles. The number of carbonyl (C=O) groups is 4. The second kappa shape index (κ2) is 60.7. The Morgan fingerprint density at radius 1 is 0.311 bits per heavy atom. The molecule has 0 spiro atoms. The van der Waals surface area contributed by atoms with Crippen LogP contribution in [0, 0.1) is 23.7 Å². The molecule has 0 heterocycles. The smallest absolute Gasteiger partial charge is 0.462 e. The molecular formula is C71H138O17P2. The number of phosphoric acid groups is 2. The summed E-state index contributed by atoms with van der Waals surface area (Å²) in [5, 5.41) is 10.6. The molecule has 0 aliphatic carbocycles. The van der Waals surface area contributed by atoms with Gasteiger partial charge in [-0.15, -0.1) is 0 Å². The minimum atomic E-state index is -4.95. The molecule has 0 aromatic rings. The van der Waals surface area contributed by atoms with Crippen LogP contribution in [-0.4, -0.2) is 96.7 Å². The van der Waals surface area contributed by atoms with E-state index in [-0.39, 0.29) is 25.7 Å². The molecule has 3 N–H and O–H groups in total. The van der Waals surface area contributed by atoms with Crippen molar-refractivity contribution in [2.24, 2.45) is 23.7 Å². The number of rotatable bonds is 68. The normalized spacial score (nSPS) is 14.9. The van der Waals surface area contributed by atoms with Crippen LogP contribution in [0.3, 0.4) is 0 Å². The summed E-state index contributed by atoms with van der Waals surface area (Å²) in [5.41, 5.74) is 0. The van der Waals surface area contributed by atoms with Gasteiger partial charge in [0.25, 0.3) is 0 Å². The summed E-state index contributed by atoms with van der Waals surface area (Å²) in [4.78, 5) is 72.4. The highest BCUT2D eigenvalue weighted by atomic mass is 31.2. The van der Waals surface area contributed by atoms with Gasteiger partial charge < -0.3 is 33.8 Å². The molecule has 7 atom stereocenters. The van der Waals surface area contributed by atoms with Crippen LogP contribution in [0.4, 0.5) is 0 Å². The van der Waals surface area contributed by atoms with E-state index >= 15 is 0 Å². The third-order valence-corrected chi connectivity index (χ3v) is 18.9. The predicted molar refractivity (Wildman–Crippen MR) is 363 cm³/mol. The maximum absolute atomic E-state index is 13.0. The zero-order chi connectivity index (χ0) is 66.8. The molecule has 90 heavy (non-hydrogen) atoms. The van der Waals surface area contributed by atoms with E-state index in [4.69, 9.17) is 37.0 Å². The lowest BCUT2D eigenvalue weighted by Gasteiger charge is -2.21. The Morgan fingerprint density at radius 2 is 0.533 bits per heavy atom. The highest BCUT2D eigenvalue weighted by Crippen LogP contribution is 2.45. The van der Waals surface area contributed by atoms with Crippen molar-refractivity contribution in [1.29, 1.82) is 0 Å². The fraction of sp³-hybridized carbons (Fsp3) is 0.944. The van der Waals surface area contributed by atoms with Crippen molar-refractivity contribution in [3.05, 3.63) is 0 Å². The van der Waals surface area contributed by atoms with E-state index in [1.807, 2.05) is 0 Å². The van der Waals surface area contributed by atoms with Gasteiger partial charge in [-0.25, -0.2) is 9.13 Å². The van der Waals surface area contributed by atoms with E-state index in [0.29, 0.717) is 37.5 Å². The van der Waals surface area contributed by atoms with Crippen molar-refractivity contribution in [2.45, 2.75) is 369 Å². The molecule has 0 fully saturated rings. The molecule has 0 aromatic heterocycles. The van der Waals surface area contributed by atoms with Gasteiger partial charge in [0.2, 0.25) is 0 Å². The quantitative estimate of drug-likeness (QED) is 0.0222. The van der Waals surface area contributed by atoms with Gasteiger partial charge in [-0.05, 0) is 49.4 Å². The fourth-order valence-corrected chi connectivity index (χ4v) is 12.2. The molecule has 0 amide bonds. The largest absolute Gasteiger partial charge is 0.472 e. The van der Waals surface area contributed by atoms with Gasteiger partial charge in [0.05, 0.1) is 26.4 Å². The molecule has 534 valence electrons. The van der Waals surface area contributed by atoms with Gasteiger partial charge >= 0.3 is 39.5 Å². The Kier molecular flexibility index (Phi) is 59.4. The Bertz CT molecular complexity index is 1790. The number of aliphatic hydroxyl groups is 1. The second-order valence-corrected chi connectivity index (χ2v) is 30.0. The van der Waals surface area contributed by atoms with E-state index in [0.717, 1.165) is 115 Å². The topological polar surface area (TPSA) is 237 Å². The summed E-state index contributed by atoms with van der Waals surface area (Å²) < 4.78 is 68.1. The van der Waals surface area contributed by atoms with Gasteiger partial charge in [0.15, 0.2) is 12.2 Å². The van der Waals surface area contributed by atoms with Crippen LogP contribution >= 0.6 is 15.6 Å². The lowest BCUT2D eigenvalue weighted by molar-refractivity contribution is -0.161. The number of hydrogen-bond donors (Lipinski definition) is 3. The van der Waals surface area contributed by atoms with E-state index in [9.17, 15) is 43.2 Å². The van der Waals surface area contributed by atoms with Crippen LogP contribution in [-0.2, 0) is 65.4 Å². The molecule has 0 rings (SSSR count). The lowest BCUT2D eigenvalue weighted by Crippen LogP contribution is -2.30. The van der Waals surface area contributed by atoms with Crippen molar-refractivity contribution in [1.82, 2.24) is 0 Å². The molecule has 0 radical (unpaired) electrons. The highest BCUT2D eigenvalue weighted by molar-refractivity contribution is 7.47. The van der Waals surface area contributed by atoms with Crippen LogP contribution in [0.2, 0.25) is 0 Å². The zero-order valence-corrected chi connectivity index (χ0v) is 60.6. The van der Waals surface area contributed by atoms with Crippen molar-refractivity contribution in [2.75, 3.05) is 39.6 Å². The van der Waals surface area contributed by atoms with Gasteiger partial charge in [-0.1, -0.05) is 299 Å². The first-order valence-electron chi connectivity index (χ1n) is 36.8. The fourth-order valence-electron chi connectivity index (χ4n) is 10.6. The summed E-state index contributed by atoms with van der Waals surface area (Å²) in [6, 6.07) is 0. The van der Waals surface area contributed by atoms with Gasteiger partial charge in [-0.2, -0.15) is 0 Å². The maximum atomic E-state index is 13.0. The van der Waals surface area contributed by atoms with Crippen molar-refractivity contribution < 1.29 is 80.2 Å². The highest BCUT2D eigenvalue weighted by Gasteiger charge is 2.30. The van der Waals surface area contributed by atoms with Crippen LogP contribution in [0.25, 0.3) is 0 Å². The number of phosphoric ester groups is 2. The van der Waals surface area contributed by atoms with E-state index in [1.165, 1.54) is 141 Å². The van der Waals surface area contributed by atoms with Gasteiger partial charge in [-0.3, -0.25) is 37.3 Å². The summed E-state index contributed by atoms with van der Waals surface area (Å²) >= 11 is 0. The number of carbonyl (C=O) groups excluding carboxylic acids is 4. The number of hydrogen-bond acceptors (Lipinski definition) is 15. The summed E-state index contributed by atoms with van der Waals surface area (Å²) in [7, 11) is -9.90. The minimum Gasteiger partial charge on any atom is -0.462 e. The standard InChI is InChI=1S/C71H138O17P2/c1-9-63(7)49-41-33-23-21-19-17-15-13-11-12-14-16-18-20-22-24-37-45-53-70(75)87-66(57-81-68(73)51-43-35-28-25-31-39-47-61(3)4)59-85-89(77,78)83-55-65(72)56-84-90(79,80)86-60-67(88-71(76)54-46-38-29-26-32-40-48-62(5)6)58-82-69(74)52-44-36-30-27-34-42-50-64(8)10-2/h61-67,72H,9-60H2,1-8H3,(H,77,78)(H,79,80)/t63?,64?,65-,66-,67-/m1/s1. The summed E-state index contributed by atoms with van der Waals surface area (Å²) in [6.45, 7) is 14.0. The summed E-state index contributed by atoms with van der Waals surface area (Å²) in [5.74, 6) is 0.813. The molecule has 0 aliphatic heterocycles. The number of unbranched alkanes of at least 4 members (excludes halogenated alkanes) is 32. The Morgan fingerprint density at radius 3 is 0.789 bits per heavy atom. The number of aliphatic hydroxyl groups excluding tert-OH is 1. The number of esters is 4. The molecule has 17 nitrogen and oxygen atoms in total. The van der Waals surface area contributed by atoms with E-state index in [1.54, 1.807) is 0 Å². The van der Waals surface area contributed by atoms with Crippen LogP contribution in [0.1, 0.15) is 351 Å². The Hall–Kier alpha value is -1.94. The Labute approximate surface area is 549 Å². The molecule has 19 heteroatoms. The van der Waals surface area contributed by atoms with Gasteiger partial charge in [0.1, 0.15) is 19.3 Å². The summed E-state index contributed by atoms with van der Waals surface area (Å²) in [6.07, 6.45) is 43.6. The first-order chi connectivity index (χ1) is 43.2. The number of ether oxygens (including phenoxy) is 4. The van der Waals surface area contributed by atoms with Crippen LogP contribution in [0.5, 0.6) is 0 Å². The van der Waals surface area contributed by atoms with E-state index < -0.39 is 97.5 Å².